The van der Waals surface area contributed by atoms with Crippen molar-refractivity contribution in [1.82, 2.24) is 5.32 Å². The van der Waals surface area contributed by atoms with Crippen molar-refractivity contribution in [3.8, 4) is 5.75 Å². The van der Waals surface area contributed by atoms with E-state index in [4.69, 9.17) is 4.74 Å². The van der Waals surface area contributed by atoms with Crippen molar-refractivity contribution in [3.05, 3.63) is 61.1 Å². The third-order valence-corrected chi connectivity index (χ3v) is 5.20. The molecule has 0 saturated carbocycles. The number of nitrogens with one attached hydrogen (secondary N) is 1. The van der Waals surface area contributed by atoms with Gasteiger partial charge in [-0.15, -0.1) is 0 Å². The summed E-state index contributed by atoms with van der Waals surface area (Å²) in [5.74, 6) is 1.04. The molecule has 0 saturated heterocycles. The molecule has 0 bridgehead atoms. The maximum absolute atomic E-state index is 5.61. The van der Waals surface area contributed by atoms with Crippen molar-refractivity contribution in [3.63, 3.8) is 0 Å². The maximum Gasteiger partial charge on any atom is 0.122 e. The van der Waals surface area contributed by atoms with Crippen LogP contribution in [0.25, 0.3) is 0 Å². The lowest BCUT2D eigenvalue weighted by atomic mass is 9.96. The van der Waals surface area contributed by atoms with Crippen LogP contribution in [0.1, 0.15) is 29.7 Å². The van der Waals surface area contributed by atoms with Gasteiger partial charge in [0.15, 0.2) is 0 Å². The first-order valence-electron chi connectivity index (χ1n) is 7.13. The Hall–Kier alpha value is -0.590. The number of hydrogen-bond acceptors (Lipinski definition) is 2. The lowest BCUT2D eigenvalue weighted by molar-refractivity contribution is 0.357. The second kappa shape index (κ2) is 6.67. The first-order chi connectivity index (χ1) is 10.2. The predicted octanol–water partition coefficient (Wildman–Crippen LogP) is 4.69. The second-order valence-electron chi connectivity index (χ2n) is 5.12. The fraction of sp³-hybridized carbons (Fsp3) is 0.294. The molecule has 0 radical (unpaired) electrons. The van der Waals surface area contributed by atoms with Crippen molar-refractivity contribution in [2.75, 3.05) is 13.2 Å². The van der Waals surface area contributed by atoms with Crippen molar-refractivity contribution in [1.29, 1.82) is 0 Å². The molecule has 2 aromatic rings. The van der Waals surface area contributed by atoms with E-state index in [1.165, 1.54) is 20.3 Å². The van der Waals surface area contributed by atoms with Gasteiger partial charge < -0.3 is 10.1 Å². The Kier molecular flexibility index (Phi) is 4.86. The van der Waals surface area contributed by atoms with Gasteiger partial charge in [-0.2, -0.15) is 0 Å². The molecule has 0 fully saturated rings. The third kappa shape index (κ3) is 3.27. The third-order valence-electron chi connectivity index (χ3n) is 3.72. The molecule has 1 aliphatic heterocycles. The van der Waals surface area contributed by atoms with Gasteiger partial charge in [0.25, 0.3) is 0 Å². The summed E-state index contributed by atoms with van der Waals surface area (Å²) < 4.78 is 8.00. The summed E-state index contributed by atoms with van der Waals surface area (Å²) in [4.78, 5) is 0. The summed E-state index contributed by atoms with van der Waals surface area (Å²) in [7, 11) is 0. The molecule has 4 heteroatoms. The lowest BCUT2D eigenvalue weighted by Gasteiger charge is -2.21. The van der Waals surface area contributed by atoms with Gasteiger partial charge >= 0.3 is 0 Å². The molecule has 1 aliphatic rings. The molecule has 1 N–H and O–H groups in total. The van der Waals surface area contributed by atoms with Crippen molar-refractivity contribution >= 4 is 38.5 Å². The Bertz CT molecular complexity index is 659. The molecular weight excluding hydrogens is 441 g/mol. The summed E-state index contributed by atoms with van der Waals surface area (Å²) in [5, 5.41) is 3.61. The number of halogens is 2. The summed E-state index contributed by atoms with van der Waals surface area (Å²) in [6, 6.07) is 13.2. The largest absolute Gasteiger partial charge is 0.493 e. The predicted molar refractivity (Wildman–Crippen MR) is 98.0 cm³/mol. The van der Waals surface area contributed by atoms with Gasteiger partial charge in [-0.05, 0) is 70.1 Å². The quantitative estimate of drug-likeness (QED) is 0.672. The SMILES string of the molecule is CCNC(c1ccc2c(c1)CCO2)c1cc(Br)ccc1I. The molecule has 2 nitrogen and oxygen atoms in total. The molecule has 0 aliphatic carbocycles. The highest BCUT2D eigenvalue weighted by Crippen LogP contribution is 2.33. The highest BCUT2D eigenvalue weighted by Gasteiger charge is 2.19. The Morgan fingerprint density at radius 2 is 2.14 bits per heavy atom. The van der Waals surface area contributed by atoms with E-state index in [9.17, 15) is 0 Å². The zero-order chi connectivity index (χ0) is 14.8. The lowest BCUT2D eigenvalue weighted by Crippen LogP contribution is -2.23. The molecule has 21 heavy (non-hydrogen) atoms. The topological polar surface area (TPSA) is 21.3 Å². The van der Waals surface area contributed by atoms with E-state index in [0.29, 0.717) is 0 Å². The summed E-state index contributed by atoms with van der Waals surface area (Å²) in [5.41, 5.74) is 3.93. The Labute approximate surface area is 147 Å². The summed E-state index contributed by atoms with van der Waals surface area (Å²) in [6.07, 6.45) is 1.01. The molecule has 0 spiro atoms. The van der Waals surface area contributed by atoms with Gasteiger partial charge in [-0.1, -0.05) is 35.0 Å². The van der Waals surface area contributed by atoms with Crippen LogP contribution in [0, 0.1) is 3.57 Å². The normalized spacial score (nSPS) is 14.6. The minimum atomic E-state index is 0.213. The number of benzene rings is 2. The van der Waals surface area contributed by atoms with Crippen molar-refractivity contribution in [2.24, 2.45) is 0 Å². The number of ether oxygens (including phenoxy) is 1. The fourth-order valence-corrected chi connectivity index (χ4v) is 3.76. The number of rotatable bonds is 4. The van der Waals surface area contributed by atoms with E-state index >= 15 is 0 Å². The fourth-order valence-electron chi connectivity index (χ4n) is 2.73. The van der Waals surface area contributed by atoms with Crippen LogP contribution in [-0.2, 0) is 6.42 Å². The number of fused-ring (bicyclic) bond motifs is 1. The second-order valence-corrected chi connectivity index (χ2v) is 7.20. The zero-order valence-electron chi connectivity index (χ0n) is 11.8. The minimum Gasteiger partial charge on any atom is -0.493 e. The molecule has 3 rings (SSSR count). The van der Waals surface area contributed by atoms with Crippen LogP contribution < -0.4 is 10.1 Å². The molecule has 2 aromatic carbocycles. The van der Waals surface area contributed by atoms with Crippen LogP contribution >= 0.6 is 38.5 Å². The van der Waals surface area contributed by atoms with E-state index in [0.717, 1.165) is 29.8 Å². The smallest absolute Gasteiger partial charge is 0.122 e. The van der Waals surface area contributed by atoms with Gasteiger partial charge in [-0.25, -0.2) is 0 Å². The minimum absolute atomic E-state index is 0.213. The van der Waals surface area contributed by atoms with E-state index < -0.39 is 0 Å². The Balaban J connectivity index is 2.03. The van der Waals surface area contributed by atoms with Gasteiger partial charge in [0.05, 0.1) is 12.6 Å². The van der Waals surface area contributed by atoms with Crippen LogP contribution in [0.3, 0.4) is 0 Å². The van der Waals surface area contributed by atoms with E-state index in [2.05, 4.69) is 87.2 Å². The Morgan fingerprint density at radius 1 is 1.29 bits per heavy atom. The average Bonchev–Trinajstić information content (AvgIpc) is 2.95. The molecular formula is C17H17BrINO. The maximum atomic E-state index is 5.61. The van der Waals surface area contributed by atoms with Crippen LogP contribution in [-0.4, -0.2) is 13.2 Å². The van der Waals surface area contributed by atoms with Gasteiger partial charge in [-0.3, -0.25) is 0 Å². The monoisotopic (exact) mass is 457 g/mol. The molecule has 0 amide bonds. The van der Waals surface area contributed by atoms with E-state index in [1.807, 2.05) is 0 Å². The molecule has 0 aromatic heterocycles. The van der Waals surface area contributed by atoms with E-state index in [1.54, 1.807) is 0 Å². The number of hydrogen-bond donors (Lipinski definition) is 1. The first kappa shape index (κ1) is 15.3. The highest BCUT2D eigenvalue weighted by molar-refractivity contribution is 14.1. The van der Waals surface area contributed by atoms with Gasteiger partial charge in [0, 0.05) is 14.5 Å². The average molecular weight is 458 g/mol. The molecule has 1 heterocycles. The van der Waals surface area contributed by atoms with Crippen LogP contribution in [0.15, 0.2) is 40.9 Å². The highest BCUT2D eigenvalue weighted by atomic mass is 127. The van der Waals surface area contributed by atoms with Crippen LogP contribution in [0.2, 0.25) is 0 Å². The summed E-state index contributed by atoms with van der Waals surface area (Å²) in [6.45, 7) is 3.88. The van der Waals surface area contributed by atoms with Crippen molar-refractivity contribution in [2.45, 2.75) is 19.4 Å². The molecule has 1 unspecified atom stereocenters. The summed E-state index contributed by atoms with van der Waals surface area (Å²) >= 11 is 6.00. The Morgan fingerprint density at radius 3 is 2.95 bits per heavy atom. The standard InChI is InChI=1S/C17H17BrINO/c1-2-20-17(14-10-13(18)4-5-15(14)19)12-3-6-16-11(9-12)7-8-21-16/h3-6,9-10,17,20H,2,7-8H2,1H3. The van der Waals surface area contributed by atoms with Crippen molar-refractivity contribution < 1.29 is 4.74 Å². The molecule has 1 atom stereocenters. The molecule has 110 valence electrons. The van der Waals surface area contributed by atoms with Gasteiger partial charge in [0.2, 0.25) is 0 Å². The van der Waals surface area contributed by atoms with E-state index in [-0.39, 0.29) is 6.04 Å². The zero-order valence-corrected chi connectivity index (χ0v) is 15.6. The van der Waals surface area contributed by atoms with Crippen LogP contribution in [0.4, 0.5) is 0 Å². The first-order valence-corrected chi connectivity index (χ1v) is 9.00. The van der Waals surface area contributed by atoms with Crippen LogP contribution in [0.5, 0.6) is 5.75 Å². The van der Waals surface area contributed by atoms with Gasteiger partial charge in [0.1, 0.15) is 5.75 Å².